The Hall–Kier alpha value is -3.94. The first-order chi connectivity index (χ1) is 16.1. The van der Waals surface area contributed by atoms with E-state index in [0.717, 1.165) is 29.5 Å². The van der Waals surface area contributed by atoms with Crippen molar-refractivity contribution >= 4 is 17.5 Å². The number of aromatic nitrogens is 2. The molecule has 1 aliphatic heterocycles. The molecule has 2 aromatic rings. The Labute approximate surface area is 193 Å². The Bertz CT molecular complexity index is 1120. The van der Waals surface area contributed by atoms with Gasteiger partial charge in [-0.15, -0.1) is 0 Å². The van der Waals surface area contributed by atoms with Gasteiger partial charge < -0.3 is 30.4 Å². The lowest BCUT2D eigenvalue weighted by molar-refractivity contribution is 0.275. The predicted octanol–water partition coefficient (Wildman–Crippen LogP) is 4.49. The van der Waals surface area contributed by atoms with Crippen LogP contribution in [0.3, 0.4) is 0 Å². The summed E-state index contributed by atoms with van der Waals surface area (Å²) >= 11 is 0. The lowest BCUT2D eigenvalue weighted by Gasteiger charge is -2.23. The van der Waals surface area contributed by atoms with Crippen LogP contribution in [0.5, 0.6) is 11.5 Å². The Morgan fingerprint density at radius 3 is 2.39 bits per heavy atom. The molecule has 8 heteroatoms. The van der Waals surface area contributed by atoms with Gasteiger partial charge >= 0.3 is 0 Å². The Morgan fingerprint density at radius 1 is 1.03 bits per heavy atom. The number of ether oxygens (including phenoxy) is 4. The molecule has 0 spiro atoms. The van der Waals surface area contributed by atoms with E-state index in [4.69, 9.17) is 30.4 Å². The summed E-state index contributed by atoms with van der Waals surface area (Å²) in [7, 11) is 0. The van der Waals surface area contributed by atoms with E-state index in [-0.39, 0.29) is 5.95 Å². The minimum Gasteiger partial charge on any atom is -0.493 e. The summed E-state index contributed by atoms with van der Waals surface area (Å²) in [6.07, 6.45) is 13.4. The summed E-state index contributed by atoms with van der Waals surface area (Å²) in [5, 5.41) is 0. The second kappa shape index (κ2) is 10.1. The van der Waals surface area contributed by atoms with Gasteiger partial charge in [0.05, 0.1) is 13.2 Å². The van der Waals surface area contributed by atoms with Gasteiger partial charge in [0, 0.05) is 18.2 Å². The van der Waals surface area contributed by atoms with E-state index in [2.05, 4.69) is 16.0 Å². The van der Waals surface area contributed by atoms with E-state index < -0.39 is 0 Å². The molecular weight excluding hydrogens is 420 g/mol. The SMILES string of the molecule is CCOc1cc(Cc2cnc(N)nc2N)cc(OCC)c1C1=COC=C(C2=CC=CCC2)O1. The first-order valence-corrected chi connectivity index (χ1v) is 11.0. The number of benzene rings is 1. The third kappa shape index (κ3) is 5.11. The normalized spacial score (nSPS) is 15.0. The van der Waals surface area contributed by atoms with Gasteiger partial charge in [0.1, 0.15) is 35.4 Å². The van der Waals surface area contributed by atoms with Crippen LogP contribution in [0.4, 0.5) is 11.8 Å². The molecule has 0 unspecified atom stereocenters. The van der Waals surface area contributed by atoms with Gasteiger partial charge in [-0.1, -0.05) is 18.2 Å². The lowest BCUT2D eigenvalue weighted by Crippen LogP contribution is -2.09. The maximum atomic E-state index is 6.26. The Morgan fingerprint density at radius 2 is 1.76 bits per heavy atom. The molecular formula is C25H28N4O4. The van der Waals surface area contributed by atoms with E-state index in [0.29, 0.717) is 54.0 Å². The van der Waals surface area contributed by atoms with Crippen molar-refractivity contribution in [1.29, 1.82) is 0 Å². The van der Waals surface area contributed by atoms with Gasteiger partial charge in [-0.05, 0) is 50.0 Å². The van der Waals surface area contributed by atoms with Crippen LogP contribution in [0.15, 0.2) is 60.4 Å². The first kappa shape index (κ1) is 22.3. The topological polar surface area (TPSA) is 115 Å². The third-order valence-electron chi connectivity index (χ3n) is 5.18. The van der Waals surface area contributed by atoms with Crippen molar-refractivity contribution in [3.8, 4) is 11.5 Å². The van der Waals surface area contributed by atoms with E-state index in [1.54, 1.807) is 18.7 Å². The van der Waals surface area contributed by atoms with E-state index in [1.807, 2.05) is 38.1 Å². The van der Waals surface area contributed by atoms with Crippen LogP contribution in [-0.4, -0.2) is 23.2 Å². The van der Waals surface area contributed by atoms with Crippen molar-refractivity contribution in [2.75, 3.05) is 24.7 Å². The summed E-state index contributed by atoms with van der Waals surface area (Å²) in [5.74, 6) is 2.95. The third-order valence-corrected chi connectivity index (χ3v) is 5.18. The second-order valence-electron chi connectivity index (χ2n) is 7.51. The molecule has 2 aliphatic rings. The summed E-state index contributed by atoms with van der Waals surface area (Å²) < 4.78 is 23.9. The molecule has 4 N–H and O–H groups in total. The highest BCUT2D eigenvalue weighted by atomic mass is 16.5. The van der Waals surface area contributed by atoms with Crippen molar-refractivity contribution in [1.82, 2.24) is 9.97 Å². The number of allylic oxidation sites excluding steroid dienone is 4. The Kier molecular flexibility index (Phi) is 6.83. The quantitative estimate of drug-likeness (QED) is 0.607. The fraction of sp³-hybridized carbons (Fsp3) is 0.280. The van der Waals surface area contributed by atoms with Crippen LogP contribution in [0.2, 0.25) is 0 Å². The molecule has 0 radical (unpaired) electrons. The average Bonchev–Trinajstić information content (AvgIpc) is 2.82. The summed E-state index contributed by atoms with van der Waals surface area (Å²) in [6, 6.07) is 3.89. The van der Waals surface area contributed by atoms with E-state index in [9.17, 15) is 0 Å². The zero-order valence-corrected chi connectivity index (χ0v) is 18.8. The smallest absolute Gasteiger partial charge is 0.221 e. The predicted molar refractivity (Wildman–Crippen MR) is 127 cm³/mol. The summed E-state index contributed by atoms with van der Waals surface area (Å²) in [5.41, 5.74) is 15.1. The summed E-state index contributed by atoms with van der Waals surface area (Å²) in [6.45, 7) is 4.81. The molecule has 4 rings (SSSR count). The highest BCUT2D eigenvalue weighted by Gasteiger charge is 2.24. The van der Waals surface area contributed by atoms with Crippen molar-refractivity contribution < 1.29 is 18.9 Å². The summed E-state index contributed by atoms with van der Waals surface area (Å²) in [4.78, 5) is 8.11. The minimum atomic E-state index is 0.144. The fourth-order valence-electron chi connectivity index (χ4n) is 3.70. The Balaban J connectivity index is 1.70. The number of hydrogen-bond acceptors (Lipinski definition) is 8. The number of rotatable bonds is 8. The van der Waals surface area contributed by atoms with E-state index >= 15 is 0 Å². The highest BCUT2D eigenvalue weighted by Crippen LogP contribution is 2.41. The zero-order chi connectivity index (χ0) is 23.2. The molecule has 0 bridgehead atoms. The molecule has 0 amide bonds. The van der Waals surface area contributed by atoms with Crippen LogP contribution in [0, 0.1) is 0 Å². The standard InChI is InChI=1S/C25H28N4O4/c1-3-31-19-11-16(10-18-13-28-25(27)29-24(18)26)12-20(32-4-2)23(19)22-15-30-14-21(33-22)17-8-6-5-7-9-17/h5-6,8,11-15H,3-4,7,9-10H2,1-2H3,(H4,26,27,28,29). The number of hydrogen-bond donors (Lipinski definition) is 2. The van der Waals surface area contributed by atoms with Gasteiger partial charge in [0.2, 0.25) is 5.95 Å². The van der Waals surface area contributed by atoms with Gasteiger partial charge in [-0.2, -0.15) is 4.98 Å². The number of anilines is 2. The minimum absolute atomic E-state index is 0.144. The van der Waals surface area contributed by atoms with Gasteiger partial charge in [0.15, 0.2) is 11.5 Å². The molecule has 0 fully saturated rings. The fourth-order valence-corrected chi connectivity index (χ4v) is 3.70. The van der Waals surface area contributed by atoms with Crippen molar-refractivity contribution in [2.45, 2.75) is 33.1 Å². The lowest BCUT2D eigenvalue weighted by atomic mass is 10.0. The highest BCUT2D eigenvalue weighted by molar-refractivity contribution is 5.73. The molecule has 0 saturated carbocycles. The number of nitrogens with zero attached hydrogens (tertiary/aromatic N) is 2. The van der Waals surface area contributed by atoms with Crippen LogP contribution in [0.1, 0.15) is 43.4 Å². The average molecular weight is 449 g/mol. The van der Waals surface area contributed by atoms with Crippen LogP contribution in [0.25, 0.3) is 5.76 Å². The molecule has 1 aromatic carbocycles. The van der Waals surface area contributed by atoms with E-state index in [1.165, 1.54) is 0 Å². The molecule has 2 heterocycles. The number of nitrogen functional groups attached to an aromatic ring is 2. The molecule has 172 valence electrons. The van der Waals surface area contributed by atoms with Gasteiger partial charge in [-0.3, -0.25) is 0 Å². The monoisotopic (exact) mass is 448 g/mol. The first-order valence-electron chi connectivity index (χ1n) is 11.0. The van der Waals surface area contributed by atoms with Crippen LogP contribution >= 0.6 is 0 Å². The molecule has 0 atom stereocenters. The maximum Gasteiger partial charge on any atom is 0.221 e. The van der Waals surface area contributed by atoms with Crippen molar-refractivity contribution in [3.05, 3.63) is 77.1 Å². The molecule has 1 aromatic heterocycles. The largest absolute Gasteiger partial charge is 0.493 e. The zero-order valence-electron chi connectivity index (χ0n) is 18.8. The van der Waals surface area contributed by atoms with Gasteiger partial charge in [0.25, 0.3) is 0 Å². The molecule has 8 nitrogen and oxygen atoms in total. The van der Waals surface area contributed by atoms with Gasteiger partial charge in [-0.25, -0.2) is 4.98 Å². The second-order valence-corrected chi connectivity index (χ2v) is 7.51. The van der Waals surface area contributed by atoms with Crippen LogP contribution in [-0.2, 0) is 15.9 Å². The molecule has 33 heavy (non-hydrogen) atoms. The molecule has 0 saturated heterocycles. The number of nitrogens with two attached hydrogens (primary N) is 2. The molecule has 1 aliphatic carbocycles. The van der Waals surface area contributed by atoms with Crippen molar-refractivity contribution in [2.24, 2.45) is 0 Å². The van der Waals surface area contributed by atoms with Crippen LogP contribution < -0.4 is 20.9 Å². The van der Waals surface area contributed by atoms with Crippen molar-refractivity contribution in [3.63, 3.8) is 0 Å². The maximum absolute atomic E-state index is 6.26.